The van der Waals surface area contributed by atoms with Gasteiger partial charge in [-0.1, -0.05) is 19.1 Å². The Morgan fingerprint density at radius 3 is 2.89 bits per heavy atom. The molecule has 0 aliphatic heterocycles. The number of nitrogens with zero attached hydrogens (tertiary/aromatic N) is 4. The number of nitriles is 1. The maximum Gasteiger partial charge on any atom is 0.164 e. The fraction of sp³-hybridized carbons (Fsp3) is 0.308. The molecular weight excluding hydrogens is 228 g/mol. The van der Waals surface area contributed by atoms with Gasteiger partial charge in [0.2, 0.25) is 0 Å². The van der Waals surface area contributed by atoms with Crippen molar-refractivity contribution in [1.29, 1.82) is 5.26 Å². The first kappa shape index (κ1) is 12.3. The van der Waals surface area contributed by atoms with Crippen LogP contribution in [0.5, 0.6) is 0 Å². The fourth-order valence-electron chi connectivity index (χ4n) is 1.85. The lowest BCUT2D eigenvalue weighted by atomic mass is 10.1. The second kappa shape index (κ2) is 5.43. The van der Waals surface area contributed by atoms with Crippen LogP contribution in [0.3, 0.4) is 0 Å². The highest BCUT2D eigenvalue weighted by Crippen LogP contribution is 2.20. The van der Waals surface area contributed by atoms with Gasteiger partial charge in [0.25, 0.3) is 0 Å². The number of aromatic nitrogens is 3. The van der Waals surface area contributed by atoms with Gasteiger partial charge in [0.15, 0.2) is 11.6 Å². The van der Waals surface area contributed by atoms with E-state index in [0.29, 0.717) is 17.2 Å². The molecule has 1 aromatic heterocycles. The third-order valence-corrected chi connectivity index (χ3v) is 2.67. The van der Waals surface area contributed by atoms with Crippen molar-refractivity contribution in [2.24, 2.45) is 0 Å². The number of hydrogen-bond acceptors (Lipinski definition) is 4. The lowest BCUT2D eigenvalue weighted by Crippen LogP contribution is -2.05. The molecule has 0 spiro atoms. The van der Waals surface area contributed by atoms with Crippen molar-refractivity contribution < 1.29 is 5.11 Å². The monoisotopic (exact) mass is 242 g/mol. The minimum absolute atomic E-state index is 0.134. The largest absolute Gasteiger partial charge is 0.388 e. The molecule has 5 heteroatoms. The summed E-state index contributed by atoms with van der Waals surface area (Å²) in [5.41, 5.74) is 1.43. The molecule has 0 fully saturated rings. The van der Waals surface area contributed by atoms with Crippen molar-refractivity contribution in [2.45, 2.75) is 26.5 Å². The van der Waals surface area contributed by atoms with Crippen LogP contribution >= 0.6 is 0 Å². The van der Waals surface area contributed by atoms with Crippen LogP contribution in [0.4, 0.5) is 0 Å². The summed E-state index contributed by atoms with van der Waals surface area (Å²) in [6.45, 7) is 2.66. The predicted octanol–water partition coefficient (Wildman–Crippen LogP) is 1.72. The number of aliphatic hydroxyl groups is 1. The quantitative estimate of drug-likeness (QED) is 0.885. The van der Waals surface area contributed by atoms with Gasteiger partial charge < -0.3 is 9.67 Å². The highest BCUT2D eigenvalue weighted by molar-refractivity contribution is 5.58. The van der Waals surface area contributed by atoms with E-state index in [4.69, 9.17) is 5.26 Å². The van der Waals surface area contributed by atoms with Crippen molar-refractivity contribution in [2.75, 3.05) is 0 Å². The van der Waals surface area contributed by atoms with Crippen LogP contribution in [0.2, 0.25) is 0 Å². The van der Waals surface area contributed by atoms with Gasteiger partial charge in [-0.15, -0.1) is 10.2 Å². The fourth-order valence-corrected chi connectivity index (χ4v) is 1.85. The zero-order chi connectivity index (χ0) is 13.0. The summed E-state index contributed by atoms with van der Waals surface area (Å²) >= 11 is 0. The molecule has 1 N–H and O–H groups in total. The molecule has 0 saturated carbocycles. The minimum Gasteiger partial charge on any atom is -0.388 e. The highest BCUT2D eigenvalue weighted by Gasteiger charge is 2.12. The molecule has 0 atom stereocenters. The Morgan fingerprint density at radius 1 is 1.39 bits per heavy atom. The van der Waals surface area contributed by atoms with E-state index < -0.39 is 0 Å². The lowest BCUT2D eigenvalue weighted by Gasteiger charge is -2.07. The Hall–Kier alpha value is -2.19. The Bertz CT molecular complexity index is 583. The number of hydrogen-bond donors (Lipinski definition) is 1. The van der Waals surface area contributed by atoms with Crippen molar-refractivity contribution in [1.82, 2.24) is 14.8 Å². The Labute approximate surface area is 105 Å². The molecule has 0 bridgehead atoms. The topological polar surface area (TPSA) is 74.7 Å². The average molecular weight is 242 g/mol. The molecule has 1 aromatic carbocycles. The van der Waals surface area contributed by atoms with Crippen molar-refractivity contribution in [3.05, 3.63) is 35.7 Å². The zero-order valence-electron chi connectivity index (χ0n) is 10.2. The lowest BCUT2D eigenvalue weighted by molar-refractivity contribution is 0.264. The Morgan fingerprint density at radius 2 is 2.22 bits per heavy atom. The highest BCUT2D eigenvalue weighted by atomic mass is 16.3. The maximum atomic E-state index is 9.23. The second-order valence-electron chi connectivity index (χ2n) is 3.94. The molecule has 1 heterocycles. The zero-order valence-corrected chi connectivity index (χ0v) is 10.2. The number of benzene rings is 1. The van der Waals surface area contributed by atoms with E-state index in [0.717, 1.165) is 18.5 Å². The van der Waals surface area contributed by atoms with Gasteiger partial charge in [-0.3, -0.25) is 0 Å². The van der Waals surface area contributed by atoms with E-state index in [2.05, 4.69) is 23.2 Å². The SMILES string of the molecule is CCCn1c(CO)nnc1-c1cccc(C#N)c1. The molecule has 2 aromatic rings. The van der Waals surface area contributed by atoms with Crippen LogP contribution in [0, 0.1) is 11.3 Å². The van der Waals surface area contributed by atoms with Crippen LogP contribution in [0.15, 0.2) is 24.3 Å². The van der Waals surface area contributed by atoms with Gasteiger partial charge >= 0.3 is 0 Å². The Kier molecular flexibility index (Phi) is 3.70. The summed E-state index contributed by atoms with van der Waals surface area (Å²) < 4.78 is 1.89. The number of rotatable bonds is 4. The summed E-state index contributed by atoms with van der Waals surface area (Å²) in [7, 11) is 0. The van der Waals surface area contributed by atoms with Gasteiger partial charge in [-0.05, 0) is 18.6 Å². The summed E-state index contributed by atoms with van der Waals surface area (Å²) in [4.78, 5) is 0. The molecule has 5 nitrogen and oxygen atoms in total. The van der Waals surface area contributed by atoms with E-state index in [-0.39, 0.29) is 6.61 Å². The van der Waals surface area contributed by atoms with E-state index in [1.54, 1.807) is 12.1 Å². The molecule has 2 rings (SSSR count). The molecule has 0 unspecified atom stereocenters. The van der Waals surface area contributed by atoms with Crippen LogP contribution in [0.25, 0.3) is 11.4 Å². The maximum absolute atomic E-state index is 9.23. The summed E-state index contributed by atoms with van der Waals surface area (Å²) in [6.07, 6.45) is 0.927. The molecule has 0 aliphatic rings. The van der Waals surface area contributed by atoms with Gasteiger partial charge in [-0.25, -0.2) is 0 Å². The van der Waals surface area contributed by atoms with Gasteiger partial charge in [0.1, 0.15) is 6.61 Å². The van der Waals surface area contributed by atoms with Crippen LogP contribution in [-0.4, -0.2) is 19.9 Å². The van der Waals surface area contributed by atoms with Crippen molar-refractivity contribution in [3.63, 3.8) is 0 Å². The predicted molar refractivity (Wildman–Crippen MR) is 66.4 cm³/mol. The second-order valence-corrected chi connectivity index (χ2v) is 3.94. The van der Waals surface area contributed by atoms with Gasteiger partial charge in [0, 0.05) is 12.1 Å². The molecule has 0 aliphatic carbocycles. The number of aliphatic hydroxyl groups excluding tert-OH is 1. The first-order valence-electron chi connectivity index (χ1n) is 5.83. The van der Waals surface area contributed by atoms with E-state index in [1.165, 1.54) is 0 Å². The summed E-state index contributed by atoms with van der Waals surface area (Å²) in [5.74, 6) is 1.24. The van der Waals surface area contributed by atoms with Crippen LogP contribution in [-0.2, 0) is 13.2 Å². The van der Waals surface area contributed by atoms with E-state index >= 15 is 0 Å². The molecule has 18 heavy (non-hydrogen) atoms. The summed E-state index contributed by atoms with van der Waals surface area (Å²) in [6, 6.07) is 9.33. The van der Waals surface area contributed by atoms with Gasteiger partial charge in [-0.2, -0.15) is 5.26 Å². The third kappa shape index (κ3) is 2.24. The molecule has 0 radical (unpaired) electrons. The molecule has 0 amide bonds. The van der Waals surface area contributed by atoms with Crippen molar-refractivity contribution in [3.8, 4) is 17.5 Å². The molecule has 0 saturated heterocycles. The van der Waals surface area contributed by atoms with Crippen LogP contribution in [0.1, 0.15) is 24.7 Å². The standard InChI is InChI=1S/C13H14N4O/c1-2-6-17-12(9-18)15-16-13(17)11-5-3-4-10(7-11)8-14/h3-5,7,18H,2,6,9H2,1H3. The van der Waals surface area contributed by atoms with E-state index in [9.17, 15) is 5.11 Å². The first-order chi connectivity index (χ1) is 8.80. The van der Waals surface area contributed by atoms with Crippen LogP contribution < -0.4 is 0 Å². The first-order valence-corrected chi connectivity index (χ1v) is 5.83. The summed E-state index contributed by atoms with van der Waals surface area (Å²) in [5, 5.41) is 26.2. The minimum atomic E-state index is -0.134. The molecular formula is C13H14N4O. The van der Waals surface area contributed by atoms with Crippen molar-refractivity contribution >= 4 is 0 Å². The van der Waals surface area contributed by atoms with E-state index in [1.807, 2.05) is 16.7 Å². The Balaban J connectivity index is 2.49. The van der Waals surface area contributed by atoms with Gasteiger partial charge in [0.05, 0.1) is 11.6 Å². The average Bonchev–Trinajstić information content (AvgIpc) is 2.82. The normalized spacial score (nSPS) is 10.3. The third-order valence-electron chi connectivity index (χ3n) is 2.67. The smallest absolute Gasteiger partial charge is 0.164 e. The molecule has 92 valence electrons.